The van der Waals surface area contributed by atoms with Crippen LogP contribution in [0.15, 0.2) is 72.9 Å². The van der Waals surface area contributed by atoms with Crippen molar-refractivity contribution in [1.82, 2.24) is 9.88 Å². The number of hydrogen-bond acceptors (Lipinski definition) is 6. The quantitative estimate of drug-likeness (QED) is 0.495. The number of aromatic nitrogens is 1. The Morgan fingerprint density at radius 3 is 2.42 bits per heavy atom. The van der Waals surface area contributed by atoms with Crippen molar-refractivity contribution in [2.24, 2.45) is 0 Å². The van der Waals surface area contributed by atoms with Gasteiger partial charge in [0.1, 0.15) is 11.3 Å². The Hall–Kier alpha value is -4.20. The van der Waals surface area contributed by atoms with Crippen LogP contribution in [0.1, 0.15) is 34.6 Å². The molecule has 2 amide bonds. The maximum atomic E-state index is 12.5. The largest absolute Gasteiger partial charge is 0.452 e. The fourth-order valence-electron chi connectivity index (χ4n) is 3.06. The van der Waals surface area contributed by atoms with Crippen molar-refractivity contribution in [1.29, 1.82) is 0 Å². The molecule has 0 atom stereocenters. The second kappa shape index (κ2) is 11.4. The number of ether oxygens (including phenoxy) is 2. The van der Waals surface area contributed by atoms with Gasteiger partial charge in [0.2, 0.25) is 5.88 Å². The van der Waals surface area contributed by atoms with Crippen LogP contribution in [0.3, 0.4) is 0 Å². The number of nitrogens with one attached hydrogen (secondary N) is 1. The van der Waals surface area contributed by atoms with Gasteiger partial charge in [0.25, 0.3) is 11.8 Å². The van der Waals surface area contributed by atoms with Crippen molar-refractivity contribution in [2.45, 2.75) is 13.8 Å². The summed E-state index contributed by atoms with van der Waals surface area (Å²) in [6.45, 7) is 4.48. The minimum Gasteiger partial charge on any atom is -0.452 e. The summed E-state index contributed by atoms with van der Waals surface area (Å²) in [6, 6.07) is 18.6. The maximum Gasteiger partial charge on any atom is 0.344 e. The van der Waals surface area contributed by atoms with Crippen molar-refractivity contribution in [2.75, 3.05) is 25.0 Å². The molecular formula is C25H25N3O5. The summed E-state index contributed by atoms with van der Waals surface area (Å²) < 4.78 is 10.8. The van der Waals surface area contributed by atoms with Crippen molar-refractivity contribution in [3.63, 3.8) is 0 Å². The summed E-state index contributed by atoms with van der Waals surface area (Å²) in [5, 5.41) is 2.64. The zero-order valence-electron chi connectivity index (χ0n) is 18.5. The van der Waals surface area contributed by atoms with Gasteiger partial charge in [-0.2, -0.15) is 0 Å². The van der Waals surface area contributed by atoms with Crippen LogP contribution in [0.4, 0.5) is 5.69 Å². The number of para-hydroxylation sites is 1. The molecule has 0 bridgehead atoms. The smallest absolute Gasteiger partial charge is 0.344 e. The van der Waals surface area contributed by atoms with Crippen molar-refractivity contribution >= 4 is 23.5 Å². The van der Waals surface area contributed by atoms with E-state index in [2.05, 4.69) is 10.3 Å². The Labute approximate surface area is 192 Å². The van der Waals surface area contributed by atoms with E-state index in [1.165, 1.54) is 12.3 Å². The Bertz CT molecular complexity index is 1110. The average molecular weight is 447 g/mol. The molecule has 33 heavy (non-hydrogen) atoms. The molecule has 0 aliphatic carbocycles. The molecule has 2 aromatic carbocycles. The first-order chi connectivity index (χ1) is 16.0. The van der Waals surface area contributed by atoms with Gasteiger partial charge in [0.15, 0.2) is 6.61 Å². The van der Waals surface area contributed by atoms with Crippen LogP contribution in [0.2, 0.25) is 0 Å². The molecule has 170 valence electrons. The Morgan fingerprint density at radius 1 is 0.939 bits per heavy atom. The first kappa shape index (κ1) is 23.5. The number of carbonyl (C=O) groups excluding carboxylic acids is 3. The van der Waals surface area contributed by atoms with Crippen LogP contribution < -0.4 is 10.1 Å². The molecule has 0 aliphatic heterocycles. The van der Waals surface area contributed by atoms with E-state index in [1.54, 1.807) is 59.5 Å². The lowest BCUT2D eigenvalue weighted by Crippen LogP contribution is -2.30. The summed E-state index contributed by atoms with van der Waals surface area (Å²) in [5.74, 6) is -0.802. The third kappa shape index (κ3) is 6.39. The summed E-state index contributed by atoms with van der Waals surface area (Å²) in [7, 11) is 0. The third-order valence-corrected chi connectivity index (χ3v) is 4.73. The molecule has 0 saturated carbocycles. The highest BCUT2D eigenvalue weighted by Gasteiger charge is 2.18. The van der Waals surface area contributed by atoms with Crippen LogP contribution >= 0.6 is 0 Å². The lowest BCUT2D eigenvalue weighted by Gasteiger charge is -2.19. The number of esters is 1. The van der Waals surface area contributed by atoms with E-state index in [0.29, 0.717) is 30.1 Å². The van der Waals surface area contributed by atoms with Gasteiger partial charge in [-0.25, -0.2) is 9.78 Å². The van der Waals surface area contributed by atoms with Crippen LogP contribution in [-0.2, 0) is 9.53 Å². The first-order valence-electron chi connectivity index (χ1n) is 10.6. The summed E-state index contributed by atoms with van der Waals surface area (Å²) in [4.78, 5) is 43.1. The molecule has 3 rings (SSSR count). The standard InChI is InChI=1S/C25H25N3O5/c1-3-28(4-2)24(30)18-10-8-11-19(16-18)27-22(29)17-32-25(31)21-14-9-15-26-23(21)33-20-12-6-5-7-13-20/h5-16H,3-4,17H2,1-2H3,(H,27,29). The van der Waals surface area contributed by atoms with E-state index in [1.807, 2.05) is 19.9 Å². The maximum absolute atomic E-state index is 12.5. The molecule has 8 nitrogen and oxygen atoms in total. The Morgan fingerprint density at radius 2 is 1.70 bits per heavy atom. The lowest BCUT2D eigenvalue weighted by atomic mass is 10.1. The molecule has 0 unspecified atom stereocenters. The fraction of sp³-hybridized carbons (Fsp3) is 0.200. The molecule has 1 heterocycles. The molecular weight excluding hydrogens is 422 g/mol. The van der Waals surface area contributed by atoms with Gasteiger partial charge in [0, 0.05) is 30.5 Å². The van der Waals surface area contributed by atoms with Crippen LogP contribution in [-0.4, -0.2) is 47.4 Å². The zero-order chi connectivity index (χ0) is 23.6. The number of carbonyl (C=O) groups is 3. The van der Waals surface area contributed by atoms with E-state index in [9.17, 15) is 14.4 Å². The van der Waals surface area contributed by atoms with Gasteiger partial charge in [-0.3, -0.25) is 9.59 Å². The van der Waals surface area contributed by atoms with Crippen molar-refractivity contribution < 1.29 is 23.9 Å². The molecule has 1 N–H and O–H groups in total. The number of pyridine rings is 1. The van der Waals surface area contributed by atoms with E-state index < -0.39 is 18.5 Å². The minimum atomic E-state index is -0.741. The highest BCUT2D eigenvalue weighted by atomic mass is 16.5. The number of hydrogen-bond donors (Lipinski definition) is 1. The number of rotatable bonds is 9. The molecule has 0 fully saturated rings. The van der Waals surface area contributed by atoms with Gasteiger partial charge in [-0.1, -0.05) is 24.3 Å². The summed E-state index contributed by atoms with van der Waals surface area (Å²) in [5.41, 5.74) is 0.996. The van der Waals surface area contributed by atoms with Crippen LogP contribution in [0, 0.1) is 0 Å². The summed E-state index contributed by atoms with van der Waals surface area (Å²) in [6.07, 6.45) is 1.49. The third-order valence-electron chi connectivity index (χ3n) is 4.73. The average Bonchev–Trinajstić information content (AvgIpc) is 2.84. The molecule has 3 aromatic rings. The second-order valence-electron chi connectivity index (χ2n) is 6.95. The van der Waals surface area contributed by atoms with Gasteiger partial charge in [-0.05, 0) is 56.3 Å². The van der Waals surface area contributed by atoms with E-state index in [0.717, 1.165) is 0 Å². The SMILES string of the molecule is CCN(CC)C(=O)c1cccc(NC(=O)COC(=O)c2cccnc2Oc2ccccc2)c1. The number of amides is 2. The Balaban J connectivity index is 1.60. The van der Waals surface area contributed by atoms with Gasteiger partial charge >= 0.3 is 5.97 Å². The summed E-state index contributed by atoms with van der Waals surface area (Å²) >= 11 is 0. The van der Waals surface area contributed by atoms with E-state index >= 15 is 0 Å². The van der Waals surface area contributed by atoms with E-state index in [4.69, 9.17) is 9.47 Å². The van der Waals surface area contributed by atoms with Crippen molar-refractivity contribution in [3.8, 4) is 11.6 Å². The molecule has 0 aliphatic rings. The monoisotopic (exact) mass is 447 g/mol. The lowest BCUT2D eigenvalue weighted by molar-refractivity contribution is -0.119. The van der Waals surface area contributed by atoms with E-state index in [-0.39, 0.29) is 17.4 Å². The fourth-order valence-corrected chi connectivity index (χ4v) is 3.06. The second-order valence-corrected chi connectivity index (χ2v) is 6.95. The predicted molar refractivity (Wildman–Crippen MR) is 123 cm³/mol. The van der Waals surface area contributed by atoms with Gasteiger partial charge < -0.3 is 19.7 Å². The topological polar surface area (TPSA) is 97.8 Å². The minimum absolute atomic E-state index is 0.0803. The van der Waals surface area contributed by atoms with Crippen molar-refractivity contribution in [3.05, 3.63) is 84.1 Å². The number of anilines is 1. The van der Waals surface area contributed by atoms with Gasteiger partial charge in [-0.15, -0.1) is 0 Å². The predicted octanol–water partition coefficient (Wildman–Crippen LogP) is 4.15. The first-order valence-corrected chi connectivity index (χ1v) is 10.6. The normalized spacial score (nSPS) is 10.2. The Kier molecular flexibility index (Phi) is 8.13. The molecule has 0 saturated heterocycles. The van der Waals surface area contributed by atoms with Gasteiger partial charge in [0.05, 0.1) is 0 Å². The molecule has 0 radical (unpaired) electrons. The molecule has 1 aromatic heterocycles. The zero-order valence-corrected chi connectivity index (χ0v) is 18.5. The highest BCUT2D eigenvalue weighted by molar-refractivity contribution is 5.98. The highest BCUT2D eigenvalue weighted by Crippen LogP contribution is 2.23. The molecule has 0 spiro atoms. The van der Waals surface area contributed by atoms with Crippen LogP contribution in [0.25, 0.3) is 0 Å². The van der Waals surface area contributed by atoms with Crippen LogP contribution in [0.5, 0.6) is 11.6 Å². The molecule has 8 heteroatoms. The number of benzene rings is 2. The number of nitrogens with zero attached hydrogens (tertiary/aromatic N) is 2.